The summed E-state index contributed by atoms with van der Waals surface area (Å²) in [7, 11) is -3.88. The minimum Gasteiger partial charge on any atom is -0.369 e. The molecule has 0 aromatic heterocycles. The minimum absolute atomic E-state index is 0.00272. The van der Waals surface area contributed by atoms with Crippen molar-refractivity contribution in [3.63, 3.8) is 0 Å². The van der Waals surface area contributed by atoms with Crippen molar-refractivity contribution in [3.05, 3.63) is 54.3 Å². The normalized spacial score (nSPS) is 28.7. The SMILES string of the molecule is CC(C)(CC(=O)NC1C2CC3CC1CC(C(N)=O)(C3)C2)NS(=O)(=O)c1ccc(-c2ccc(F)cc2)cc1. The van der Waals surface area contributed by atoms with E-state index in [4.69, 9.17) is 5.73 Å². The topological polar surface area (TPSA) is 118 Å². The first-order chi connectivity index (χ1) is 17.4. The van der Waals surface area contributed by atoms with Crippen LogP contribution in [0.3, 0.4) is 0 Å². The molecule has 2 atom stereocenters. The van der Waals surface area contributed by atoms with Crippen LogP contribution in [0.25, 0.3) is 11.1 Å². The van der Waals surface area contributed by atoms with Crippen LogP contribution in [0.1, 0.15) is 52.4 Å². The molecule has 2 aromatic rings. The number of sulfonamides is 1. The molecule has 0 radical (unpaired) electrons. The molecule has 4 saturated carbocycles. The molecule has 0 saturated heterocycles. The Morgan fingerprint density at radius 3 is 2.05 bits per heavy atom. The molecule has 9 heteroatoms. The van der Waals surface area contributed by atoms with Crippen molar-refractivity contribution in [2.45, 2.75) is 68.8 Å². The molecule has 4 aliphatic carbocycles. The van der Waals surface area contributed by atoms with E-state index in [0.717, 1.165) is 43.2 Å². The van der Waals surface area contributed by atoms with Crippen LogP contribution in [0.4, 0.5) is 4.39 Å². The molecule has 4 N–H and O–H groups in total. The number of hydrogen-bond donors (Lipinski definition) is 3. The third kappa shape index (κ3) is 5.16. The van der Waals surface area contributed by atoms with Crippen molar-refractivity contribution in [2.24, 2.45) is 28.9 Å². The third-order valence-electron chi connectivity index (χ3n) is 8.48. The van der Waals surface area contributed by atoms with Crippen molar-refractivity contribution >= 4 is 21.8 Å². The fraction of sp³-hybridized carbons (Fsp3) is 0.500. The van der Waals surface area contributed by atoms with E-state index in [-0.39, 0.29) is 46.8 Å². The highest BCUT2D eigenvalue weighted by molar-refractivity contribution is 7.89. The van der Waals surface area contributed by atoms with Gasteiger partial charge in [0.2, 0.25) is 21.8 Å². The molecule has 198 valence electrons. The lowest BCUT2D eigenvalue weighted by Crippen LogP contribution is -2.62. The number of primary amides is 1. The van der Waals surface area contributed by atoms with E-state index >= 15 is 0 Å². The van der Waals surface area contributed by atoms with Gasteiger partial charge in [-0.3, -0.25) is 9.59 Å². The second-order valence-corrected chi connectivity index (χ2v) is 13.6. The highest BCUT2D eigenvalue weighted by Crippen LogP contribution is 2.59. The quantitative estimate of drug-likeness (QED) is 0.485. The Kier molecular flexibility index (Phi) is 6.43. The standard InChI is InChI=1S/C28H34FN3O4S/c1-27(2,32-37(35,36)23-9-5-19(6-10-23)18-3-7-22(29)8-4-18)16-24(33)31-25-20-11-17-12-21(25)15-28(13-17,14-20)26(30)34/h3-10,17,20-21,25,32H,11-16H2,1-2H3,(H2,30,34)(H,31,33). The van der Waals surface area contributed by atoms with Gasteiger partial charge in [-0.2, -0.15) is 0 Å². The van der Waals surface area contributed by atoms with Gasteiger partial charge >= 0.3 is 0 Å². The number of rotatable bonds is 8. The van der Waals surface area contributed by atoms with Crippen LogP contribution in [0.5, 0.6) is 0 Å². The lowest BCUT2D eigenvalue weighted by Gasteiger charge is -2.58. The first kappa shape index (κ1) is 25.9. The first-order valence-electron chi connectivity index (χ1n) is 12.9. The van der Waals surface area contributed by atoms with Gasteiger partial charge in [0.1, 0.15) is 5.82 Å². The summed E-state index contributed by atoms with van der Waals surface area (Å²) < 4.78 is 42.0. The van der Waals surface area contributed by atoms with E-state index in [1.54, 1.807) is 38.1 Å². The molecule has 6 rings (SSSR count). The molecule has 0 aliphatic heterocycles. The largest absolute Gasteiger partial charge is 0.369 e. The number of carbonyl (C=O) groups excluding carboxylic acids is 2. The highest BCUT2D eigenvalue weighted by atomic mass is 32.2. The first-order valence-corrected chi connectivity index (χ1v) is 14.3. The van der Waals surface area contributed by atoms with Crippen LogP contribution in [-0.4, -0.2) is 31.8 Å². The zero-order valence-electron chi connectivity index (χ0n) is 21.2. The minimum atomic E-state index is -3.88. The van der Waals surface area contributed by atoms with Crippen LogP contribution in [0, 0.1) is 29.0 Å². The highest BCUT2D eigenvalue weighted by Gasteiger charge is 2.58. The Hall–Kier alpha value is -2.78. The fourth-order valence-electron chi connectivity index (χ4n) is 7.13. The lowest BCUT2D eigenvalue weighted by molar-refractivity contribution is -0.147. The fourth-order valence-corrected chi connectivity index (χ4v) is 8.54. The van der Waals surface area contributed by atoms with Gasteiger partial charge in [-0.1, -0.05) is 24.3 Å². The number of amides is 2. The Bertz CT molecular complexity index is 1290. The summed E-state index contributed by atoms with van der Waals surface area (Å²) in [5, 5.41) is 3.18. The lowest BCUT2D eigenvalue weighted by atomic mass is 9.47. The van der Waals surface area contributed by atoms with Gasteiger partial charge in [0, 0.05) is 23.4 Å². The van der Waals surface area contributed by atoms with Crippen LogP contribution in [0.2, 0.25) is 0 Å². The predicted molar refractivity (Wildman–Crippen MR) is 138 cm³/mol. The summed E-state index contributed by atoms with van der Waals surface area (Å²) in [6, 6.07) is 12.3. The summed E-state index contributed by atoms with van der Waals surface area (Å²) in [5.74, 6) is 0.222. The van der Waals surface area contributed by atoms with E-state index < -0.39 is 21.0 Å². The van der Waals surface area contributed by atoms with Crippen molar-refractivity contribution in [1.29, 1.82) is 0 Å². The second kappa shape index (κ2) is 9.20. The summed E-state index contributed by atoms with van der Waals surface area (Å²) in [4.78, 5) is 25.3. The number of nitrogens with one attached hydrogen (secondary N) is 2. The maximum atomic E-state index is 13.2. The number of nitrogens with two attached hydrogens (primary N) is 1. The van der Waals surface area contributed by atoms with Gasteiger partial charge in [-0.25, -0.2) is 17.5 Å². The van der Waals surface area contributed by atoms with Crippen LogP contribution < -0.4 is 15.8 Å². The van der Waals surface area contributed by atoms with Gasteiger partial charge in [0.25, 0.3) is 0 Å². The monoisotopic (exact) mass is 527 g/mol. The molecule has 37 heavy (non-hydrogen) atoms. The molecule has 2 aromatic carbocycles. The van der Waals surface area contributed by atoms with Crippen molar-refractivity contribution < 1.29 is 22.4 Å². The third-order valence-corrected chi connectivity index (χ3v) is 10.2. The van der Waals surface area contributed by atoms with E-state index in [1.165, 1.54) is 24.3 Å². The van der Waals surface area contributed by atoms with Gasteiger partial charge in [-0.15, -0.1) is 0 Å². The molecule has 4 aliphatic rings. The van der Waals surface area contributed by atoms with E-state index in [9.17, 15) is 22.4 Å². The van der Waals surface area contributed by atoms with Gasteiger partial charge in [0.05, 0.1) is 4.90 Å². The van der Waals surface area contributed by atoms with Crippen molar-refractivity contribution in [1.82, 2.24) is 10.0 Å². The van der Waals surface area contributed by atoms with Crippen LogP contribution >= 0.6 is 0 Å². The zero-order chi connectivity index (χ0) is 26.6. The molecule has 4 fully saturated rings. The molecule has 4 bridgehead atoms. The number of benzene rings is 2. The van der Waals surface area contributed by atoms with Crippen LogP contribution in [-0.2, 0) is 19.6 Å². The van der Waals surface area contributed by atoms with Crippen molar-refractivity contribution in [3.8, 4) is 11.1 Å². The Labute approximate surface area is 217 Å². The number of hydrogen-bond acceptors (Lipinski definition) is 4. The Balaban J connectivity index is 1.21. The van der Waals surface area contributed by atoms with Gasteiger partial charge in [0.15, 0.2) is 0 Å². The number of carbonyl (C=O) groups is 2. The van der Waals surface area contributed by atoms with Gasteiger partial charge < -0.3 is 11.1 Å². The molecular formula is C28H34FN3O4S. The molecule has 2 amide bonds. The zero-order valence-corrected chi connectivity index (χ0v) is 22.0. The average molecular weight is 528 g/mol. The number of halogens is 1. The maximum absolute atomic E-state index is 13.2. The molecule has 2 unspecified atom stereocenters. The summed E-state index contributed by atoms with van der Waals surface area (Å²) in [6.45, 7) is 3.38. The molecular weight excluding hydrogens is 493 g/mol. The van der Waals surface area contributed by atoms with Crippen molar-refractivity contribution in [2.75, 3.05) is 0 Å². The van der Waals surface area contributed by atoms with E-state index in [2.05, 4.69) is 10.0 Å². The van der Waals surface area contributed by atoms with Gasteiger partial charge in [-0.05, 0) is 99.1 Å². The average Bonchev–Trinajstić information content (AvgIpc) is 2.80. The van der Waals surface area contributed by atoms with E-state index in [1.807, 2.05) is 0 Å². The predicted octanol–water partition coefficient (Wildman–Crippen LogP) is 3.74. The summed E-state index contributed by atoms with van der Waals surface area (Å²) in [5.41, 5.74) is 5.88. The van der Waals surface area contributed by atoms with E-state index in [0.29, 0.717) is 5.92 Å². The maximum Gasteiger partial charge on any atom is 0.241 e. The molecule has 0 spiro atoms. The Morgan fingerprint density at radius 2 is 1.51 bits per heavy atom. The Morgan fingerprint density at radius 1 is 0.973 bits per heavy atom. The molecule has 0 heterocycles. The summed E-state index contributed by atoms with van der Waals surface area (Å²) >= 11 is 0. The van der Waals surface area contributed by atoms with Crippen LogP contribution in [0.15, 0.2) is 53.4 Å². The molecule has 7 nitrogen and oxygen atoms in total. The summed E-state index contributed by atoms with van der Waals surface area (Å²) in [6.07, 6.45) is 4.31. The second-order valence-electron chi connectivity index (χ2n) is 11.9. The smallest absolute Gasteiger partial charge is 0.241 e.